The zero-order chi connectivity index (χ0) is 20.0. The van der Waals surface area contributed by atoms with Gasteiger partial charge in [-0.25, -0.2) is 12.8 Å². The largest absolute Gasteiger partial charge is 0.350 e. The molecule has 1 amide bonds. The Hall–Kier alpha value is -2.41. The molecule has 0 atom stereocenters. The summed E-state index contributed by atoms with van der Waals surface area (Å²) in [5.74, 6) is -0.769. The number of amides is 1. The van der Waals surface area contributed by atoms with Crippen LogP contribution in [0.5, 0.6) is 0 Å². The topological polar surface area (TPSA) is 66.5 Å². The van der Waals surface area contributed by atoms with Gasteiger partial charge in [0.25, 0.3) is 0 Å². The van der Waals surface area contributed by atoms with E-state index >= 15 is 0 Å². The second-order valence-electron chi connectivity index (χ2n) is 6.30. The van der Waals surface area contributed by atoms with Gasteiger partial charge in [0.05, 0.1) is 11.9 Å². The van der Waals surface area contributed by atoms with Gasteiger partial charge in [0.1, 0.15) is 12.4 Å². The van der Waals surface area contributed by atoms with Gasteiger partial charge in [-0.2, -0.15) is 0 Å². The number of carbonyl (C=O) groups excluding carboxylic acids is 1. The second kappa shape index (κ2) is 8.99. The zero-order valence-electron chi connectivity index (χ0n) is 15.8. The number of nitrogens with zero attached hydrogens (tertiary/aromatic N) is 1. The number of para-hydroxylation sites is 1. The van der Waals surface area contributed by atoms with Gasteiger partial charge in [0.15, 0.2) is 0 Å². The quantitative estimate of drug-likeness (QED) is 0.751. The van der Waals surface area contributed by atoms with Crippen LogP contribution in [0.25, 0.3) is 0 Å². The molecule has 1 N–H and O–H groups in total. The van der Waals surface area contributed by atoms with E-state index in [9.17, 15) is 17.6 Å². The van der Waals surface area contributed by atoms with E-state index < -0.39 is 15.9 Å². The smallest absolute Gasteiger partial charge is 0.241 e. The standard InChI is InChI=1S/C20H25FN2O3S/c1-4-16-7-6-8-17(5-2)20(16)23(27(3,25)26)14-19(24)22-13-15-9-11-18(21)12-10-15/h6-12H,4-5,13-14H2,1-3H3,(H,22,24). The Kier molecular flexibility index (Phi) is 6.96. The number of hydrogen-bond donors (Lipinski definition) is 1. The maximum absolute atomic E-state index is 13.0. The van der Waals surface area contributed by atoms with Gasteiger partial charge in [-0.3, -0.25) is 9.10 Å². The number of hydrogen-bond acceptors (Lipinski definition) is 3. The maximum atomic E-state index is 13.0. The highest BCUT2D eigenvalue weighted by Crippen LogP contribution is 2.28. The predicted octanol–water partition coefficient (Wildman–Crippen LogP) is 3.03. The first kappa shape index (κ1) is 20.9. The minimum absolute atomic E-state index is 0.201. The third-order valence-electron chi connectivity index (χ3n) is 4.30. The van der Waals surface area contributed by atoms with Crippen LogP contribution in [0.3, 0.4) is 0 Å². The lowest BCUT2D eigenvalue weighted by molar-refractivity contribution is -0.119. The zero-order valence-corrected chi connectivity index (χ0v) is 16.6. The first-order valence-corrected chi connectivity index (χ1v) is 10.7. The first-order chi connectivity index (χ1) is 12.8. The minimum Gasteiger partial charge on any atom is -0.350 e. The number of rotatable bonds is 8. The van der Waals surface area contributed by atoms with E-state index in [-0.39, 0.29) is 18.9 Å². The highest BCUT2D eigenvalue weighted by Gasteiger charge is 2.24. The molecular weight excluding hydrogens is 367 g/mol. The fourth-order valence-electron chi connectivity index (χ4n) is 2.89. The van der Waals surface area contributed by atoms with Crippen LogP contribution in [0.4, 0.5) is 10.1 Å². The number of anilines is 1. The van der Waals surface area contributed by atoms with Gasteiger partial charge in [-0.15, -0.1) is 0 Å². The first-order valence-electron chi connectivity index (χ1n) is 8.85. The molecule has 7 heteroatoms. The van der Waals surface area contributed by atoms with E-state index in [1.165, 1.54) is 16.4 Å². The van der Waals surface area contributed by atoms with Crippen molar-refractivity contribution in [1.29, 1.82) is 0 Å². The molecule has 0 bridgehead atoms. The molecule has 0 radical (unpaired) electrons. The van der Waals surface area contributed by atoms with Crippen molar-refractivity contribution in [3.05, 3.63) is 65.0 Å². The molecule has 2 aromatic carbocycles. The van der Waals surface area contributed by atoms with Crippen LogP contribution in [0.2, 0.25) is 0 Å². The molecule has 27 heavy (non-hydrogen) atoms. The summed E-state index contributed by atoms with van der Waals surface area (Å²) in [7, 11) is -3.64. The SMILES string of the molecule is CCc1cccc(CC)c1N(CC(=O)NCc1ccc(F)cc1)S(C)(=O)=O. The van der Waals surface area contributed by atoms with Crippen molar-refractivity contribution in [1.82, 2.24) is 5.32 Å². The molecule has 0 spiro atoms. The molecule has 0 fully saturated rings. The molecule has 2 aromatic rings. The number of sulfonamides is 1. The summed E-state index contributed by atoms with van der Waals surface area (Å²) in [4.78, 5) is 12.4. The number of aryl methyl sites for hydroxylation is 2. The van der Waals surface area contributed by atoms with E-state index in [1.807, 2.05) is 32.0 Å². The van der Waals surface area contributed by atoms with Crippen LogP contribution in [0, 0.1) is 5.82 Å². The lowest BCUT2D eigenvalue weighted by atomic mass is 10.0. The highest BCUT2D eigenvalue weighted by molar-refractivity contribution is 7.92. The van der Waals surface area contributed by atoms with Crippen LogP contribution in [-0.4, -0.2) is 27.1 Å². The number of nitrogens with one attached hydrogen (secondary N) is 1. The van der Waals surface area contributed by atoms with E-state index in [4.69, 9.17) is 0 Å². The number of carbonyl (C=O) groups is 1. The second-order valence-corrected chi connectivity index (χ2v) is 8.21. The molecular formula is C20H25FN2O3S. The molecule has 146 valence electrons. The van der Waals surface area contributed by atoms with Crippen LogP contribution in [0.15, 0.2) is 42.5 Å². The average molecular weight is 392 g/mol. The fraction of sp³-hybridized carbons (Fsp3) is 0.350. The Labute approximate surface area is 160 Å². The van der Waals surface area contributed by atoms with E-state index in [2.05, 4.69) is 5.32 Å². The average Bonchev–Trinajstić information content (AvgIpc) is 2.64. The van der Waals surface area contributed by atoms with Crippen LogP contribution in [0.1, 0.15) is 30.5 Å². The van der Waals surface area contributed by atoms with Crippen molar-refractivity contribution >= 4 is 21.6 Å². The summed E-state index contributed by atoms with van der Waals surface area (Å²) in [6, 6.07) is 11.4. The Bertz CT molecular complexity index is 874. The molecule has 0 unspecified atom stereocenters. The monoisotopic (exact) mass is 392 g/mol. The van der Waals surface area contributed by atoms with Crippen LogP contribution >= 0.6 is 0 Å². The summed E-state index contributed by atoms with van der Waals surface area (Å²) < 4.78 is 39.0. The molecule has 0 aromatic heterocycles. The minimum atomic E-state index is -3.64. The Morgan fingerprint density at radius 1 is 1.04 bits per heavy atom. The van der Waals surface area contributed by atoms with E-state index in [1.54, 1.807) is 12.1 Å². The molecule has 5 nitrogen and oxygen atoms in total. The Morgan fingerprint density at radius 2 is 1.59 bits per heavy atom. The molecule has 0 aliphatic heterocycles. The Morgan fingerprint density at radius 3 is 2.07 bits per heavy atom. The number of halogens is 1. The summed E-state index contributed by atoms with van der Waals surface area (Å²) >= 11 is 0. The molecule has 2 rings (SSSR count). The molecule has 0 heterocycles. The van der Waals surface area contributed by atoms with Gasteiger partial charge in [-0.1, -0.05) is 44.2 Å². The van der Waals surface area contributed by atoms with Crippen LogP contribution < -0.4 is 9.62 Å². The van der Waals surface area contributed by atoms with Gasteiger partial charge in [-0.05, 0) is 41.7 Å². The van der Waals surface area contributed by atoms with Crippen molar-refractivity contribution in [3.8, 4) is 0 Å². The van der Waals surface area contributed by atoms with Gasteiger partial charge >= 0.3 is 0 Å². The van der Waals surface area contributed by atoms with Gasteiger partial charge < -0.3 is 5.32 Å². The van der Waals surface area contributed by atoms with E-state index in [0.717, 1.165) is 22.9 Å². The molecule has 0 saturated carbocycles. The van der Waals surface area contributed by atoms with E-state index in [0.29, 0.717) is 18.5 Å². The molecule has 0 aliphatic carbocycles. The summed E-state index contributed by atoms with van der Waals surface area (Å²) in [6.45, 7) is 3.80. The van der Waals surface area contributed by atoms with Crippen molar-refractivity contribution in [2.45, 2.75) is 33.2 Å². The summed E-state index contributed by atoms with van der Waals surface area (Å²) in [6.07, 6.45) is 2.42. The predicted molar refractivity (Wildman–Crippen MR) is 106 cm³/mol. The third-order valence-corrected chi connectivity index (χ3v) is 5.42. The fourth-order valence-corrected chi connectivity index (χ4v) is 3.80. The van der Waals surface area contributed by atoms with Crippen molar-refractivity contribution in [3.63, 3.8) is 0 Å². The van der Waals surface area contributed by atoms with Crippen molar-refractivity contribution in [2.24, 2.45) is 0 Å². The lowest BCUT2D eigenvalue weighted by Crippen LogP contribution is -2.41. The van der Waals surface area contributed by atoms with Gasteiger partial charge in [0.2, 0.25) is 15.9 Å². The van der Waals surface area contributed by atoms with Crippen molar-refractivity contribution < 1.29 is 17.6 Å². The van der Waals surface area contributed by atoms with Crippen LogP contribution in [-0.2, 0) is 34.2 Å². The molecule has 0 aliphatic rings. The summed E-state index contributed by atoms with van der Waals surface area (Å²) in [5, 5.41) is 2.70. The maximum Gasteiger partial charge on any atom is 0.241 e. The normalized spacial score (nSPS) is 11.3. The third kappa shape index (κ3) is 5.53. The lowest BCUT2D eigenvalue weighted by Gasteiger charge is -2.26. The van der Waals surface area contributed by atoms with Gasteiger partial charge in [0, 0.05) is 6.54 Å². The summed E-state index contributed by atoms with van der Waals surface area (Å²) in [5.41, 5.74) is 3.08. The Balaban J connectivity index is 2.23. The van der Waals surface area contributed by atoms with Crippen molar-refractivity contribution in [2.75, 3.05) is 17.1 Å². The highest BCUT2D eigenvalue weighted by atomic mass is 32.2. The number of benzene rings is 2. The molecule has 0 saturated heterocycles.